The maximum atomic E-state index is 9.84. The van der Waals surface area contributed by atoms with Gasteiger partial charge in [-0.05, 0) is 0 Å². The first-order valence-electron chi connectivity index (χ1n) is 2.72. The van der Waals surface area contributed by atoms with Gasteiger partial charge in [0.05, 0.1) is 7.11 Å². The van der Waals surface area contributed by atoms with Gasteiger partial charge in [0.1, 0.15) is 0 Å². The molecule has 0 aromatic heterocycles. The molecule has 52 valence electrons. The van der Waals surface area contributed by atoms with Gasteiger partial charge in [0, 0.05) is 19.2 Å². The molecule has 1 N–H and O–H groups in total. The molecule has 0 unspecified atom stereocenters. The number of nitrogens with one attached hydrogen (secondary N) is 1. The predicted molar refractivity (Wildman–Crippen MR) is 35.1 cm³/mol. The Hall–Kier alpha value is -0.830. The van der Waals surface area contributed by atoms with E-state index in [0.717, 1.165) is 6.08 Å². The van der Waals surface area contributed by atoms with Gasteiger partial charge in [-0.15, -0.1) is 0 Å². The summed E-state index contributed by atoms with van der Waals surface area (Å²) in [4.78, 5) is 9.84. The molecule has 1 fully saturated rings. The van der Waals surface area contributed by atoms with Crippen LogP contribution in [-0.4, -0.2) is 26.2 Å². The third-order valence-corrected chi connectivity index (χ3v) is 0.618. The lowest BCUT2D eigenvalue weighted by molar-refractivity contribution is -0.134. The number of methoxy groups -OCH3 is 1. The summed E-state index contributed by atoms with van der Waals surface area (Å²) in [6.07, 6.45) is 1.11. The highest BCUT2D eigenvalue weighted by atomic mass is 16.5. The zero-order valence-corrected chi connectivity index (χ0v) is 5.52. The first-order valence-corrected chi connectivity index (χ1v) is 2.72. The molecular weight excluding hydrogens is 118 g/mol. The van der Waals surface area contributed by atoms with Crippen molar-refractivity contribution in [2.24, 2.45) is 0 Å². The van der Waals surface area contributed by atoms with E-state index in [1.165, 1.54) is 20.2 Å². The topological polar surface area (TPSA) is 48.2 Å². The van der Waals surface area contributed by atoms with E-state index < -0.39 is 5.97 Å². The fraction of sp³-hybridized carbons (Fsp3) is 0.500. The summed E-state index contributed by atoms with van der Waals surface area (Å²) >= 11 is 0. The first-order chi connectivity index (χ1) is 4.31. The molecule has 1 aliphatic heterocycles. The third-order valence-electron chi connectivity index (χ3n) is 0.618. The van der Waals surface area contributed by atoms with Crippen LogP contribution in [0.3, 0.4) is 0 Å². The average molecular weight is 129 g/mol. The van der Waals surface area contributed by atoms with Crippen molar-refractivity contribution in [3.05, 3.63) is 12.7 Å². The second-order valence-electron chi connectivity index (χ2n) is 1.48. The molecule has 0 amide bonds. The molecule has 0 atom stereocenters. The van der Waals surface area contributed by atoms with E-state index in [9.17, 15) is 4.79 Å². The Labute approximate surface area is 54.7 Å². The van der Waals surface area contributed by atoms with E-state index in [0.29, 0.717) is 0 Å². The van der Waals surface area contributed by atoms with Crippen LogP contribution in [0.15, 0.2) is 12.7 Å². The molecule has 0 spiro atoms. The number of carbonyl (C=O) groups excluding carboxylic acids is 1. The standard InChI is InChI=1S/C4H6O2.C2H5N/c1-3-4(5)6-2;1-2-3-1/h3H,1H2,2H3;3H,1-2H2. The SMILES string of the molecule is C1CN1.C=CC(=O)OC. The lowest BCUT2D eigenvalue weighted by Gasteiger charge is -1.83. The molecule has 0 saturated carbocycles. The monoisotopic (exact) mass is 129 g/mol. The number of hydrogen-bond donors (Lipinski definition) is 1. The highest BCUT2D eigenvalue weighted by Gasteiger charge is 1.91. The zero-order chi connectivity index (χ0) is 7.11. The normalized spacial score (nSPS) is 12.6. The van der Waals surface area contributed by atoms with Crippen LogP contribution in [-0.2, 0) is 9.53 Å². The molecule has 1 aliphatic rings. The molecule has 0 aromatic rings. The van der Waals surface area contributed by atoms with Gasteiger partial charge in [0.2, 0.25) is 0 Å². The maximum absolute atomic E-state index is 9.84. The van der Waals surface area contributed by atoms with Gasteiger partial charge >= 0.3 is 5.97 Å². The van der Waals surface area contributed by atoms with Crippen molar-refractivity contribution in [1.82, 2.24) is 5.32 Å². The van der Waals surface area contributed by atoms with Gasteiger partial charge in [-0.2, -0.15) is 0 Å². The second kappa shape index (κ2) is 5.31. The number of carbonyl (C=O) groups is 1. The van der Waals surface area contributed by atoms with Gasteiger partial charge in [0.15, 0.2) is 0 Å². The van der Waals surface area contributed by atoms with Crippen molar-refractivity contribution in [2.45, 2.75) is 0 Å². The summed E-state index contributed by atoms with van der Waals surface area (Å²) in [6.45, 7) is 5.66. The van der Waals surface area contributed by atoms with Crippen molar-refractivity contribution < 1.29 is 9.53 Å². The van der Waals surface area contributed by atoms with Crippen LogP contribution in [0, 0.1) is 0 Å². The molecule has 0 bridgehead atoms. The minimum Gasteiger partial charge on any atom is -0.466 e. The Bertz CT molecular complexity index is 96.5. The predicted octanol–water partition coefficient (Wildman–Crippen LogP) is -0.0650. The minimum atomic E-state index is -0.394. The fourth-order valence-electron chi connectivity index (χ4n) is 0.0833. The lowest BCUT2D eigenvalue weighted by atomic mass is 10.7. The Balaban J connectivity index is 0.000000173. The average Bonchev–Trinajstić information content (AvgIpc) is 2.70. The van der Waals surface area contributed by atoms with E-state index in [1.54, 1.807) is 0 Å². The number of ether oxygens (including phenoxy) is 1. The second-order valence-corrected chi connectivity index (χ2v) is 1.48. The molecule has 0 aromatic carbocycles. The summed E-state index contributed by atoms with van der Waals surface area (Å²) in [7, 11) is 1.31. The number of rotatable bonds is 1. The van der Waals surface area contributed by atoms with Crippen molar-refractivity contribution in [1.29, 1.82) is 0 Å². The Morgan fingerprint density at radius 3 is 2.22 bits per heavy atom. The van der Waals surface area contributed by atoms with Gasteiger partial charge < -0.3 is 10.1 Å². The summed E-state index contributed by atoms with van der Waals surface area (Å²) in [5.41, 5.74) is 0. The van der Waals surface area contributed by atoms with Gasteiger partial charge in [0.25, 0.3) is 0 Å². The summed E-state index contributed by atoms with van der Waals surface area (Å²) in [5, 5.41) is 3.00. The van der Waals surface area contributed by atoms with Gasteiger partial charge in [-0.25, -0.2) is 4.79 Å². The van der Waals surface area contributed by atoms with Crippen LogP contribution in [0.2, 0.25) is 0 Å². The van der Waals surface area contributed by atoms with E-state index in [1.807, 2.05) is 0 Å². The minimum absolute atomic E-state index is 0.394. The van der Waals surface area contributed by atoms with Crippen LogP contribution in [0.4, 0.5) is 0 Å². The van der Waals surface area contributed by atoms with Gasteiger partial charge in [-0.3, -0.25) is 0 Å². The van der Waals surface area contributed by atoms with Crippen molar-refractivity contribution in [3.8, 4) is 0 Å². The number of hydrogen-bond acceptors (Lipinski definition) is 3. The molecule has 9 heavy (non-hydrogen) atoms. The van der Waals surface area contributed by atoms with E-state index in [2.05, 4.69) is 16.6 Å². The van der Waals surface area contributed by atoms with Crippen LogP contribution in [0.5, 0.6) is 0 Å². The third kappa shape index (κ3) is 11.0. The Morgan fingerprint density at radius 2 is 2.22 bits per heavy atom. The lowest BCUT2D eigenvalue weighted by Crippen LogP contribution is -1.91. The molecule has 3 nitrogen and oxygen atoms in total. The molecular formula is C6H11NO2. The van der Waals surface area contributed by atoms with Crippen LogP contribution in [0.1, 0.15) is 0 Å². The molecule has 1 rings (SSSR count). The molecule has 3 heteroatoms. The van der Waals surface area contributed by atoms with Crippen molar-refractivity contribution in [2.75, 3.05) is 20.2 Å². The Morgan fingerprint density at radius 1 is 1.78 bits per heavy atom. The molecule has 1 saturated heterocycles. The number of esters is 1. The summed E-state index contributed by atoms with van der Waals surface area (Å²) in [6, 6.07) is 0. The van der Waals surface area contributed by atoms with Crippen LogP contribution >= 0.6 is 0 Å². The largest absolute Gasteiger partial charge is 0.466 e. The van der Waals surface area contributed by atoms with E-state index >= 15 is 0 Å². The van der Waals surface area contributed by atoms with E-state index in [-0.39, 0.29) is 0 Å². The van der Waals surface area contributed by atoms with E-state index in [4.69, 9.17) is 0 Å². The van der Waals surface area contributed by atoms with Crippen molar-refractivity contribution in [3.63, 3.8) is 0 Å². The quantitative estimate of drug-likeness (QED) is 0.306. The molecule has 1 heterocycles. The smallest absolute Gasteiger partial charge is 0.329 e. The zero-order valence-electron chi connectivity index (χ0n) is 5.52. The highest BCUT2D eigenvalue weighted by Crippen LogP contribution is 1.67. The Kier molecular flexibility index (Phi) is 4.82. The van der Waals surface area contributed by atoms with Crippen LogP contribution in [0.25, 0.3) is 0 Å². The van der Waals surface area contributed by atoms with Crippen LogP contribution < -0.4 is 5.32 Å². The van der Waals surface area contributed by atoms with Crippen molar-refractivity contribution >= 4 is 5.97 Å². The fourth-order valence-corrected chi connectivity index (χ4v) is 0.0833. The van der Waals surface area contributed by atoms with Gasteiger partial charge in [-0.1, -0.05) is 6.58 Å². The maximum Gasteiger partial charge on any atom is 0.329 e. The summed E-state index contributed by atoms with van der Waals surface area (Å²) in [5.74, 6) is -0.394. The summed E-state index contributed by atoms with van der Waals surface area (Å²) < 4.78 is 4.14. The molecule has 0 radical (unpaired) electrons. The first kappa shape index (κ1) is 8.17. The molecule has 0 aliphatic carbocycles. The highest BCUT2D eigenvalue weighted by molar-refractivity contribution is 5.80.